The van der Waals surface area contributed by atoms with E-state index in [2.05, 4.69) is 0 Å². The standard InChI is InChI=1S/C10H19NO6S/c1-6(2)4-7(9(12)13)8(10(14)15)5-11-18(3,16)17/h6-8,11H,4-5H2,1-3H3,(H,12,13)(H,14,15)/t7-,8?/m1/s1. The highest BCUT2D eigenvalue weighted by atomic mass is 32.2. The molecule has 0 aliphatic carbocycles. The minimum Gasteiger partial charge on any atom is -0.481 e. The third kappa shape index (κ3) is 6.55. The SMILES string of the molecule is CC(C)C[C@@H](C(=O)O)C(CNS(C)(=O)=O)C(=O)O. The predicted octanol–water partition coefficient (Wildman–Crippen LogP) is -0.0167. The third-order valence-electron chi connectivity index (χ3n) is 2.41. The zero-order chi connectivity index (χ0) is 14.5. The number of carbonyl (C=O) groups is 2. The summed E-state index contributed by atoms with van der Waals surface area (Å²) in [5.74, 6) is -4.94. The van der Waals surface area contributed by atoms with Gasteiger partial charge in [0.2, 0.25) is 10.0 Å². The summed E-state index contributed by atoms with van der Waals surface area (Å²) in [5, 5.41) is 18.0. The van der Waals surface area contributed by atoms with Crippen molar-refractivity contribution in [3.63, 3.8) is 0 Å². The molecule has 0 aliphatic heterocycles. The summed E-state index contributed by atoms with van der Waals surface area (Å²) in [6.45, 7) is 3.13. The van der Waals surface area contributed by atoms with Crippen LogP contribution in [-0.2, 0) is 19.6 Å². The Balaban J connectivity index is 4.93. The van der Waals surface area contributed by atoms with E-state index in [0.717, 1.165) is 6.26 Å². The van der Waals surface area contributed by atoms with Crippen molar-refractivity contribution in [1.82, 2.24) is 4.72 Å². The van der Waals surface area contributed by atoms with Gasteiger partial charge in [-0.2, -0.15) is 0 Å². The molecule has 7 nitrogen and oxygen atoms in total. The molecule has 0 fully saturated rings. The Labute approximate surface area is 106 Å². The van der Waals surface area contributed by atoms with E-state index in [0.29, 0.717) is 0 Å². The summed E-state index contributed by atoms with van der Waals surface area (Å²) in [6, 6.07) is 0. The molecule has 0 aromatic heterocycles. The lowest BCUT2D eigenvalue weighted by molar-refractivity contribution is -0.154. The van der Waals surface area contributed by atoms with Crippen LogP contribution in [0.25, 0.3) is 0 Å². The van der Waals surface area contributed by atoms with Gasteiger partial charge >= 0.3 is 11.9 Å². The number of nitrogens with one attached hydrogen (secondary N) is 1. The summed E-state index contributed by atoms with van der Waals surface area (Å²) in [6.07, 6.45) is 1.07. The zero-order valence-electron chi connectivity index (χ0n) is 10.6. The van der Waals surface area contributed by atoms with Crippen molar-refractivity contribution in [3.05, 3.63) is 0 Å². The van der Waals surface area contributed by atoms with Crippen molar-refractivity contribution < 1.29 is 28.2 Å². The lowest BCUT2D eigenvalue weighted by atomic mass is 9.85. The van der Waals surface area contributed by atoms with Gasteiger partial charge in [-0.05, 0) is 12.3 Å². The molecule has 2 atom stereocenters. The normalized spacial score (nSPS) is 15.3. The van der Waals surface area contributed by atoms with Crippen LogP contribution in [0.1, 0.15) is 20.3 Å². The van der Waals surface area contributed by atoms with E-state index in [4.69, 9.17) is 10.2 Å². The van der Waals surface area contributed by atoms with E-state index in [9.17, 15) is 18.0 Å². The summed E-state index contributed by atoms with van der Waals surface area (Å²) in [7, 11) is -3.55. The van der Waals surface area contributed by atoms with Crippen LogP contribution in [0, 0.1) is 17.8 Å². The van der Waals surface area contributed by atoms with Gasteiger partial charge < -0.3 is 10.2 Å². The van der Waals surface area contributed by atoms with E-state index in [-0.39, 0.29) is 12.3 Å². The van der Waals surface area contributed by atoms with Gasteiger partial charge in [0.1, 0.15) is 0 Å². The minimum atomic E-state index is -3.55. The quantitative estimate of drug-likeness (QED) is 0.575. The molecule has 0 aliphatic rings. The van der Waals surface area contributed by atoms with E-state index in [1.165, 1.54) is 0 Å². The zero-order valence-corrected chi connectivity index (χ0v) is 11.4. The van der Waals surface area contributed by atoms with Crippen molar-refractivity contribution in [2.45, 2.75) is 20.3 Å². The highest BCUT2D eigenvalue weighted by Crippen LogP contribution is 2.21. The maximum atomic E-state index is 11.1. The molecule has 3 N–H and O–H groups in total. The van der Waals surface area contributed by atoms with E-state index in [1.54, 1.807) is 13.8 Å². The lowest BCUT2D eigenvalue weighted by Gasteiger charge is -2.21. The summed E-state index contributed by atoms with van der Waals surface area (Å²) in [5.41, 5.74) is 0. The molecule has 0 aromatic rings. The third-order valence-corrected chi connectivity index (χ3v) is 3.10. The molecule has 0 rings (SSSR count). The van der Waals surface area contributed by atoms with E-state index < -0.39 is 40.3 Å². The Morgan fingerprint density at radius 1 is 1.11 bits per heavy atom. The van der Waals surface area contributed by atoms with Crippen LogP contribution in [0.4, 0.5) is 0 Å². The Bertz CT molecular complexity index is 403. The van der Waals surface area contributed by atoms with Gasteiger partial charge in [0.25, 0.3) is 0 Å². The number of sulfonamides is 1. The molecule has 0 saturated heterocycles. The van der Waals surface area contributed by atoms with Crippen LogP contribution in [0.15, 0.2) is 0 Å². The van der Waals surface area contributed by atoms with Crippen LogP contribution >= 0.6 is 0 Å². The molecule has 0 amide bonds. The van der Waals surface area contributed by atoms with Gasteiger partial charge in [0, 0.05) is 6.54 Å². The number of hydrogen-bond acceptors (Lipinski definition) is 4. The topological polar surface area (TPSA) is 121 Å². The highest BCUT2D eigenvalue weighted by Gasteiger charge is 2.34. The molecule has 8 heteroatoms. The first-order valence-corrected chi connectivity index (χ1v) is 7.34. The Hall–Kier alpha value is -1.15. The van der Waals surface area contributed by atoms with Crippen LogP contribution < -0.4 is 4.72 Å². The Kier molecular flexibility index (Phi) is 6.27. The maximum Gasteiger partial charge on any atom is 0.308 e. The average molecular weight is 281 g/mol. The molecule has 0 radical (unpaired) electrons. The Morgan fingerprint density at radius 3 is 1.83 bits per heavy atom. The number of carboxylic acids is 2. The van der Waals surface area contributed by atoms with E-state index >= 15 is 0 Å². The van der Waals surface area contributed by atoms with Crippen LogP contribution in [0.5, 0.6) is 0 Å². The van der Waals surface area contributed by atoms with Gasteiger partial charge in [0.05, 0.1) is 18.1 Å². The van der Waals surface area contributed by atoms with E-state index in [1.807, 2.05) is 4.72 Å². The lowest BCUT2D eigenvalue weighted by Crippen LogP contribution is -2.40. The predicted molar refractivity (Wildman–Crippen MR) is 64.6 cm³/mol. The summed E-state index contributed by atoms with van der Waals surface area (Å²) < 4.78 is 23.9. The molecular weight excluding hydrogens is 262 g/mol. The molecule has 106 valence electrons. The molecule has 0 saturated carbocycles. The second kappa shape index (κ2) is 6.69. The monoisotopic (exact) mass is 281 g/mol. The molecule has 1 unspecified atom stereocenters. The number of hydrogen-bond donors (Lipinski definition) is 3. The van der Waals surface area contributed by atoms with Crippen LogP contribution in [0.3, 0.4) is 0 Å². The van der Waals surface area contributed by atoms with Crippen molar-refractivity contribution in [3.8, 4) is 0 Å². The fourth-order valence-corrected chi connectivity index (χ4v) is 2.07. The number of carboxylic acid groups (broad SMARTS) is 2. The first-order valence-electron chi connectivity index (χ1n) is 5.44. The smallest absolute Gasteiger partial charge is 0.308 e. The molecular formula is C10H19NO6S. The second-order valence-corrected chi connectivity index (χ2v) is 6.47. The number of rotatable bonds is 8. The van der Waals surface area contributed by atoms with Crippen molar-refractivity contribution in [2.75, 3.05) is 12.8 Å². The fraction of sp³-hybridized carbons (Fsp3) is 0.800. The van der Waals surface area contributed by atoms with Gasteiger partial charge in [-0.3, -0.25) is 9.59 Å². The maximum absolute atomic E-state index is 11.1. The van der Waals surface area contributed by atoms with Crippen molar-refractivity contribution in [1.29, 1.82) is 0 Å². The van der Waals surface area contributed by atoms with Crippen molar-refractivity contribution in [2.24, 2.45) is 17.8 Å². The summed E-state index contributed by atoms with van der Waals surface area (Å²) >= 11 is 0. The molecule has 18 heavy (non-hydrogen) atoms. The molecule has 0 aromatic carbocycles. The minimum absolute atomic E-state index is 0.00573. The Morgan fingerprint density at radius 2 is 1.56 bits per heavy atom. The number of aliphatic carboxylic acids is 2. The van der Waals surface area contributed by atoms with Gasteiger partial charge in [-0.15, -0.1) is 0 Å². The fourth-order valence-electron chi connectivity index (χ4n) is 1.59. The van der Waals surface area contributed by atoms with Gasteiger partial charge in [-0.1, -0.05) is 13.8 Å². The summed E-state index contributed by atoms with van der Waals surface area (Å²) in [4.78, 5) is 22.1. The highest BCUT2D eigenvalue weighted by molar-refractivity contribution is 7.88. The van der Waals surface area contributed by atoms with Crippen molar-refractivity contribution >= 4 is 22.0 Å². The first kappa shape index (κ1) is 16.9. The molecule has 0 heterocycles. The van der Waals surface area contributed by atoms with Crippen LogP contribution in [-0.4, -0.2) is 43.4 Å². The average Bonchev–Trinajstić information content (AvgIpc) is 2.12. The van der Waals surface area contributed by atoms with Crippen LogP contribution in [0.2, 0.25) is 0 Å². The van der Waals surface area contributed by atoms with Gasteiger partial charge in [-0.25, -0.2) is 13.1 Å². The molecule has 0 bridgehead atoms. The van der Waals surface area contributed by atoms with Gasteiger partial charge in [0.15, 0.2) is 0 Å². The first-order chi connectivity index (χ1) is 8.04. The largest absolute Gasteiger partial charge is 0.481 e. The molecule has 0 spiro atoms. The second-order valence-electron chi connectivity index (χ2n) is 4.64.